The van der Waals surface area contributed by atoms with Crippen LogP contribution >= 0.6 is 15.9 Å². The number of nitrogen functional groups attached to an aromatic ring is 1. The maximum Gasteiger partial charge on any atom is 0.141 e. The fraction of sp³-hybridized carbons (Fsp3) is 0.143. The van der Waals surface area contributed by atoms with Gasteiger partial charge in [-0.25, -0.2) is 0 Å². The van der Waals surface area contributed by atoms with Crippen LogP contribution in [-0.4, -0.2) is 0 Å². The Balaban J connectivity index is 2.31. The van der Waals surface area contributed by atoms with E-state index >= 15 is 0 Å². The molecule has 0 amide bonds. The number of anilines is 1. The van der Waals surface area contributed by atoms with Crippen molar-refractivity contribution in [1.82, 2.24) is 0 Å². The molecule has 0 saturated carbocycles. The Labute approximate surface area is 110 Å². The van der Waals surface area contributed by atoms with Gasteiger partial charge in [0.05, 0.1) is 4.47 Å². The average molecular weight is 292 g/mol. The third-order valence-corrected chi connectivity index (χ3v) is 3.15. The number of halogens is 1. The van der Waals surface area contributed by atoms with Crippen molar-refractivity contribution in [1.29, 1.82) is 0 Å². The summed E-state index contributed by atoms with van der Waals surface area (Å²) < 4.78 is 6.75. The fourth-order valence-corrected chi connectivity index (χ4v) is 2.09. The van der Waals surface area contributed by atoms with E-state index < -0.39 is 0 Å². The molecule has 0 saturated heterocycles. The van der Waals surface area contributed by atoms with Gasteiger partial charge in [-0.15, -0.1) is 0 Å². The molecule has 0 radical (unpaired) electrons. The molecule has 0 aromatic heterocycles. The largest absolute Gasteiger partial charge is 0.456 e. The van der Waals surface area contributed by atoms with E-state index in [-0.39, 0.29) is 0 Å². The molecule has 0 aliphatic carbocycles. The number of ether oxygens (including phenoxy) is 1. The summed E-state index contributed by atoms with van der Waals surface area (Å²) in [7, 11) is 0. The number of nitrogens with two attached hydrogens (primary N) is 1. The molecule has 0 aliphatic rings. The molecule has 0 spiro atoms. The Morgan fingerprint density at radius 3 is 2.59 bits per heavy atom. The summed E-state index contributed by atoms with van der Waals surface area (Å²) in [5.74, 6) is 1.67. The molecule has 0 aliphatic heterocycles. The van der Waals surface area contributed by atoms with Crippen LogP contribution in [-0.2, 0) is 6.42 Å². The smallest absolute Gasteiger partial charge is 0.141 e. The summed E-state index contributed by atoms with van der Waals surface area (Å²) >= 11 is 3.45. The lowest BCUT2D eigenvalue weighted by Gasteiger charge is -2.11. The van der Waals surface area contributed by atoms with Crippen LogP contribution in [0.5, 0.6) is 11.5 Å². The first-order valence-corrected chi connectivity index (χ1v) is 6.30. The third-order valence-electron chi connectivity index (χ3n) is 2.53. The summed E-state index contributed by atoms with van der Waals surface area (Å²) in [6.45, 7) is 2.11. The van der Waals surface area contributed by atoms with Crippen LogP contribution in [0.2, 0.25) is 0 Å². The molecule has 2 aromatic carbocycles. The van der Waals surface area contributed by atoms with Crippen LogP contribution in [0.4, 0.5) is 5.69 Å². The van der Waals surface area contributed by atoms with E-state index in [0.29, 0.717) is 5.69 Å². The summed E-state index contributed by atoms with van der Waals surface area (Å²) in [5, 5.41) is 0. The molecule has 0 unspecified atom stereocenters. The second-order valence-electron chi connectivity index (χ2n) is 3.75. The SMILES string of the molecule is CCc1ccccc1Oc1ccc(N)cc1Br. The van der Waals surface area contributed by atoms with Crippen molar-refractivity contribution in [2.45, 2.75) is 13.3 Å². The van der Waals surface area contributed by atoms with Gasteiger partial charge in [-0.1, -0.05) is 25.1 Å². The van der Waals surface area contributed by atoms with Crippen molar-refractivity contribution in [3.05, 3.63) is 52.5 Å². The van der Waals surface area contributed by atoms with E-state index in [1.54, 1.807) is 0 Å². The highest BCUT2D eigenvalue weighted by molar-refractivity contribution is 9.10. The highest BCUT2D eigenvalue weighted by atomic mass is 79.9. The molecule has 2 aromatic rings. The predicted octanol–water partition coefficient (Wildman–Crippen LogP) is 4.39. The van der Waals surface area contributed by atoms with E-state index in [9.17, 15) is 0 Å². The molecule has 0 heterocycles. The Hall–Kier alpha value is -1.48. The monoisotopic (exact) mass is 291 g/mol. The Morgan fingerprint density at radius 2 is 1.88 bits per heavy atom. The van der Waals surface area contributed by atoms with Crippen molar-refractivity contribution < 1.29 is 4.74 Å². The van der Waals surface area contributed by atoms with E-state index in [0.717, 1.165) is 22.4 Å². The van der Waals surface area contributed by atoms with Crippen molar-refractivity contribution in [3.63, 3.8) is 0 Å². The molecule has 0 bridgehead atoms. The molecule has 2 rings (SSSR count). The molecule has 2 nitrogen and oxygen atoms in total. The highest BCUT2D eigenvalue weighted by Crippen LogP contribution is 2.32. The van der Waals surface area contributed by atoms with Crippen LogP contribution in [0.1, 0.15) is 12.5 Å². The van der Waals surface area contributed by atoms with Crippen molar-refractivity contribution >= 4 is 21.6 Å². The van der Waals surface area contributed by atoms with Gasteiger partial charge in [-0.3, -0.25) is 0 Å². The normalized spacial score (nSPS) is 10.2. The summed E-state index contributed by atoms with van der Waals surface area (Å²) in [6, 6.07) is 13.6. The Bertz CT molecular complexity index is 525. The van der Waals surface area contributed by atoms with Crippen LogP contribution in [0.3, 0.4) is 0 Å². The number of rotatable bonds is 3. The number of para-hydroxylation sites is 1. The summed E-state index contributed by atoms with van der Waals surface area (Å²) in [5.41, 5.74) is 7.60. The standard InChI is InChI=1S/C14H14BrNO/c1-2-10-5-3-4-6-13(10)17-14-8-7-11(16)9-12(14)15/h3-9H,2,16H2,1H3. The van der Waals surface area contributed by atoms with Crippen molar-refractivity contribution in [2.75, 3.05) is 5.73 Å². The number of aryl methyl sites for hydroxylation is 1. The van der Waals surface area contributed by atoms with Crippen molar-refractivity contribution in [3.8, 4) is 11.5 Å². The zero-order chi connectivity index (χ0) is 12.3. The molecule has 88 valence electrons. The first-order valence-electron chi connectivity index (χ1n) is 5.51. The fourth-order valence-electron chi connectivity index (χ4n) is 1.61. The Kier molecular flexibility index (Phi) is 3.69. The quantitative estimate of drug-likeness (QED) is 0.852. The van der Waals surface area contributed by atoms with Gasteiger partial charge in [0.15, 0.2) is 0 Å². The van der Waals surface area contributed by atoms with E-state index in [2.05, 4.69) is 28.9 Å². The molecule has 0 atom stereocenters. The molecule has 3 heteroatoms. The lowest BCUT2D eigenvalue weighted by atomic mass is 10.1. The van der Waals surface area contributed by atoms with E-state index in [4.69, 9.17) is 10.5 Å². The summed E-state index contributed by atoms with van der Waals surface area (Å²) in [4.78, 5) is 0. The van der Waals surface area contributed by atoms with Gasteiger partial charge < -0.3 is 10.5 Å². The third kappa shape index (κ3) is 2.80. The topological polar surface area (TPSA) is 35.2 Å². The molecular formula is C14H14BrNO. The average Bonchev–Trinajstić information content (AvgIpc) is 2.33. The van der Waals surface area contributed by atoms with Gasteiger partial charge in [0.1, 0.15) is 11.5 Å². The second-order valence-corrected chi connectivity index (χ2v) is 4.61. The molecular weight excluding hydrogens is 278 g/mol. The van der Waals surface area contributed by atoms with Gasteiger partial charge in [-0.05, 0) is 52.2 Å². The second kappa shape index (κ2) is 5.23. The van der Waals surface area contributed by atoms with Gasteiger partial charge in [0.25, 0.3) is 0 Å². The van der Waals surface area contributed by atoms with Gasteiger partial charge in [0.2, 0.25) is 0 Å². The summed E-state index contributed by atoms with van der Waals surface area (Å²) in [6.07, 6.45) is 0.947. The minimum absolute atomic E-state index is 0.716. The predicted molar refractivity (Wildman–Crippen MR) is 74.4 cm³/mol. The number of benzene rings is 2. The van der Waals surface area contributed by atoms with Crippen LogP contribution in [0.15, 0.2) is 46.9 Å². The first kappa shape index (κ1) is 12.0. The number of hydrogen-bond acceptors (Lipinski definition) is 2. The maximum absolute atomic E-state index is 5.88. The van der Waals surface area contributed by atoms with E-state index in [1.165, 1.54) is 5.56 Å². The minimum atomic E-state index is 0.716. The first-order chi connectivity index (χ1) is 8.20. The maximum atomic E-state index is 5.88. The number of hydrogen-bond donors (Lipinski definition) is 1. The lowest BCUT2D eigenvalue weighted by Crippen LogP contribution is -1.92. The minimum Gasteiger partial charge on any atom is -0.456 e. The van der Waals surface area contributed by atoms with Gasteiger partial charge in [-0.2, -0.15) is 0 Å². The highest BCUT2D eigenvalue weighted by Gasteiger charge is 2.05. The van der Waals surface area contributed by atoms with Crippen LogP contribution < -0.4 is 10.5 Å². The Morgan fingerprint density at radius 1 is 1.12 bits per heavy atom. The van der Waals surface area contributed by atoms with Crippen LogP contribution in [0.25, 0.3) is 0 Å². The van der Waals surface area contributed by atoms with Gasteiger partial charge >= 0.3 is 0 Å². The van der Waals surface area contributed by atoms with Gasteiger partial charge in [0, 0.05) is 5.69 Å². The zero-order valence-electron chi connectivity index (χ0n) is 9.61. The van der Waals surface area contributed by atoms with Crippen molar-refractivity contribution in [2.24, 2.45) is 0 Å². The van der Waals surface area contributed by atoms with E-state index in [1.807, 2.05) is 36.4 Å². The lowest BCUT2D eigenvalue weighted by molar-refractivity contribution is 0.474. The molecule has 0 fully saturated rings. The zero-order valence-corrected chi connectivity index (χ0v) is 11.2. The molecule has 17 heavy (non-hydrogen) atoms. The van der Waals surface area contributed by atoms with Crippen LogP contribution in [0, 0.1) is 0 Å². The molecule has 2 N–H and O–H groups in total.